The van der Waals surface area contributed by atoms with Gasteiger partial charge in [0.15, 0.2) is 0 Å². The summed E-state index contributed by atoms with van der Waals surface area (Å²) in [7, 11) is 0. The highest BCUT2D eigenvalue weighted by molar-refractivity contribution is 5.85. The van der Waals surface area contributed by atoms with Crippen LogP contribution in [0.3, 0.4) is 0 Å². The Labute approximate surface area is 220 Å². The molecule has 0 bridgehead atoms. The number of rotatable bonds is 1. The first-order chi connectivity index (χ1) is 16.3. The van der Waals surface area contributed by atoms with Crippen LogP contribution < -0.4 is 10.4 Å². The van der Waals surface area contributed by atoms with Crippen molar-refractivity contribution in [3.63, 3.8) is 0 Å². The maximum absolute atomic E-state index is 2.58. The van der Waals surface area contributed by atoms with Gasteiger partial charge >= 0.3 is 0 Å². The second kappa shape index (κ2) is 7.49. The van der Waals surface area contributed by atoms with E-state index < -0.39 is 0 Å². The van der Waals surface area contributed by atoms with E-state index in [9.17, 15) is 0 Å². The lowest BCUT2D eigenvalue weighted by atomic mass is 9.65. The second-order valence-corrected chi connectivity index (χ2v) is 15.9. The molecule has 0 heterocycles. The molecule has 0 heteroatoms. The van der Waals surface area contributed by atoms with Crippen LogP contribution in [-0.2, 0) is 5.41 Å². The van der Waals surface area contributed by atoms with Crippen molar-refractivity contribution in [1.29, 1.82) is 0 Å². The van der Waals surface area contributed by atoms with Crippen LogP contribution in [0.5, 0.6) is 0 Å². The van der Waals surface area contributed by atoms with E-state index in [2.05, 4.69) is 126 Å². The predicted molar refractivity (Wildman–Crippen MR) is 157 cm³/mol. The molecule has 0 saturated heterocycles. The van der Waals surface area contributed by atoms with Crippen LogP contribution in [0.2, 0.25) is 0 Å². The van der Waals surface area contributed by atoms with Crippen LogP contribution in [-0.4, -0.2) is 0 Å². The minimum Gasteiger partial charge on any atom is -0.0726 e. The third-order valence-corrected chi connectivity index (χ3v) is 9.54. The number of hydrogen-bond donors (Lipinski definition) is 0. The molecule has 36 heavy (non-hydrogen) atoms. The maximum atomic E-state index is 2.58. The minimum absolute atomic E-state index is 0.0736. The second-order valence-electron chi connectivity index (χ2n) is 15.9. The molecule has 0 radical (unpaired) electrons. The SMILES string of the molecule is CC(C)(C)C1=CC2=c3cc(C(C)(C)C)ccc3=C(C3(C)CC(C)(C)C4=C3CC(C(C)(C)C)=C4)C2C=C1. The molecule has 0 aromatic heterocycles. The minimum atomic E-state index is 0.0736. The van der Waals surface area contributed by atoms with E-state index >= 15 is 0 Å². The number of benzene rings is 1. The Morgan fingerprint density at radius 3 is 2.03 bits per heavy atom. The van der Waals surface area contributed by atoms with E-state index in [-0.39, 0.29) is 27.1 Å². The Hall–Kier alpha value is -2.08. The molecule has 5 rings (SSSR count). The third kappa shape index (κ3) is 3.77. The molecule has 0 fully saturated rings. The van der Waals surface area contributed by atoms with Gasteiger partial charge in [-0.05, 0) is 72.8 Å². The third-order valence-electron chi connectivity index (χ3n) is 9.54. The molecular weight excluding hydrogens is 432 g/mol. The molecule has 4 aliphatic rings. The Balaban J connectivity index is 1.77. The van der Waals surface area contributed by atoms with Crippen LogP contribution in [0.15, 0.2) is 64.8 Å². The first-order valence-corrected chi connectivity index (χ1v) is 14.1. The van der Waals surface area contributed by atoms with Crippen molar-refractivity contribution in [1.82, 2.24) is 0 Å². The first kappa shape index (κ1) is 25.6. The summed E-state index contributed by atoms with van der Waals surface area (Å²) in [4.78, 5) is 0. The Morgan fingerprint density at radius 2 is 1.44 bits per heavy atom. The van der Waals surface area contributed by atoms with Crippen molar-refractivity contribution in [3.8, 4) is 0 Å². The summed E-state index contributed by atoms with van der Waals surface area (Å²) in [5.41, 5.74) is 11.7. The summed E-state index contributed by atoms with van der Waals surface area (Å²) in [6, 6.07) is 7.40. The molecule has 0 amide bonds. The Kier molecular flexibility index (Phi) is 5.32. The molecule has 4 aliphatic carbocycles. The lowest BCUT2D eigenvalue weighted by molar-refractivity contribution is 0.344. The molecule has 1 aromatic carbocycles. The quantitative estimate of drug-likeness (QED) is 0.377. The average Bonchev–Trinajstić information content (AvgIpc) is 3.37. The number of fused-ring (bicyclic) bond motifs is 2. The summed E-state index contributed by atoms with van der Waals surface area (Å²) in [6.07, 6.45) is 12.4. The van der Waals surface area contributed by atoms with E-state index in [1.54, 1.807) is 22.3 Å². The van der Waals surface area contributed by atoms with Gasteiger partial charge in [0, 0.05) is 11.3 Å². The largest absolute Gasteiger partial charge is 0.0726 e. The van der Waals surface area contributed by atoms with Gasteiger partial charge in [-0.15, -0.1) is 0 Å². The van der Waals surface area contributed by atoms with Gasteiger partial charge in [-0.25, -0.2) is 0 Å². The maximum Gasteiger partial charge on any atom is 0.0255 e. The van der Waals surface area contributed by atoms with Crippen LogP contribution in [0.1, 0.15) is 101 Å². The van der Waals surface area contributed by atoms with E-state index in [4.69, 9.17) is 0 Å². The fraction of sp³-hybridized carbons (Fsp3) is 0.556. The topological polar surface area (TPSA) is 0 Å². The molecular formula is C36H48. The van der Waals surface area contributed by atoms with Gasteiger partial charge in [0.05, 0.1) is 0 Å². The highest BCUT2D eigenvalue weighted by Crippen LogP contribution is 2.64. The van der Waals surface area contributed by atoms with Crippen LogP contribution >= 0.6 is 0 Å². The van der Waals surface area contributed by atoms with Gasteiger partial charge in [0.25, 0.3) is 0 Å². The molecule has 0 spiro atoms. The van der Waals surface area contributed by atoms with Gasteiger partial charge in [-0.3, -0.25) is 0 Å². The van der Waals surface area contributed by atoms with Crippen molar-refractivity contribution < 1.29 is 0 Å². The van der Waals surface area contributed by atoms with Crippen molar-refractivity contribution in [2.45, 2.75) is 101 Å². The van der Waals surface area contributed by atoms with E-state index in [0.717, 1.165) is 6.42 Å². The van der Waals surface area contributed by atoms with Gasteiger partial charge in [-0.1, -0.05) is 137 Å². The monoisotopic (exact) mass is 480 g/mol. The van der Waals surface area contributed by atoms with Crippen molar-refractivity contribution in [2.24, 2.45) is 27.6 Å². The lowest BCUT2D eigenvalue weighted by Crippen LogP contribution is -2.33. The van der Waals surface area contributed by atoms with E-state index in [0.29, 0.717) is 5.92 Å². The van der Waals surface area contributed by atoms with Gasteiger partial charge in [-0.2, -0.15) is 0 Å². The van der Waals surface area contributed by atoms with Gasteiger partial charge < -0.3 is 0 Å². The molecule has 2 unspecified atom stereocenters. The molecule has 0 N–H and O–H groups in total. The molecule has 1 aromatic rings. The van der Waals surface area contributed by atoms with Crippen molar-refractivity contribution >= 4 is 11.1 Å². The van der Waals surface area contributed by atoms with Crippen LogP contribution in [0.25, 0.3) is 11.1 Å². The smallest absolute Gasteiger partial charge is 0.0255 e. The lowest BCUT2D eigenvalue weighted by Gasteiger charge is -2.38. The van der Waals surface area contributed by atoms with E-state index in [1.165, 1.54) is 33.6 Å². The van der Waals surface area contributed by atoms with E-state index in [1.807, 2.05) is 0 Å². The summed E-state index contributed by atoms with van der Waals surface area (Å²) in [5.74, 6) is 0.368. The summed E-state index contributed by atoms with van der Waals surface area (Å²) in [6.45, 7) is 28.7. The zero-order valence-electron chi connectivity index (χ0n) is 25.0. The predicted octanol–water partition coefficient (Wildman–Crippen LogP) is 8.57. The van der Waals surface area contributed by atoms with Crippen LogP contribution in [0.4, 0.5) is 0 Å². The number of hydrogen-bond acceptors (Lipinski definition) is 0. The Morgan fingerprint density at radius 1 is 0.778 bits per heavy atom. The standard InChI is InChI=1S/C36H48/c1-32(2,3)22-13-15-25-27(17-22)28-18-23(33(4,5)6)14-16-26(28)31(25)36(12)21-35(10,11)29-19-24(20-30(29)36)34(7,8)9/h13-19,25H,20-21H2,1-12H3. The van der Waals surface area contributed by atoms with Gasteiger partial charge in [0.2, 0.25) is 0 Å². The molecule has 0 saturated carbocycles. The fourth-order valence-corrected chi connectivity index (χ4v) is 7.38. The zero-order valence-corrected chi connectivity index (χ0v) is 25.0. The zero-order chi connectivity index (χ0) is 26.6. The summed E-state index contributed by atoms with van der Waals surface area (Å²) in [5, 5.41) is 2.97. The average molecular weight is 481 g/mol. The molecule has 0 nitrogen and oxygen atoms in total. The molecule has 192 valence electrons. The van der Waals surface area contributed by atoms with Crippen molar-refractivity contribution in [2.75, 3.05) is 0 Å². The highest BCUT2D eigenvalue weighted by Gasteiger charge is 2.52. The molecule has 0 aliphatic heterocycles. The fourth-order valence-electron chi connectivity index (χ4n) is 7.38. The Bertz CT molecular complexity index is 1390. The summed E-state index contributed by atoms with van der Waals surface area (Å²) >= 11 is 0. The highest BCUT2D eigenvalue weighted by atomic mass is 14.6. The summed E-state index contributed by atoms with van der Waals surface area (Å²) < 4.78 is 0. The molecule has 2 atom stereocenters. The van der Waals surface area contributed by atoms with Crippen LogP contribution in [0, 0.1) is 27.6 Å². The normalized spacial score (nSPS) is 27.3. The first-order valence-electron chi connectivity index (χ1n) is 14.1. The van der Waals surface area contributed by atoms with Crippen molar-refractivity contribution in [3.05, 3.63) is 80.8 Å². The number of allylic oxidation sites excluding steroid dienone is 8. The van der Waals surface area contributed by atoms with Gasteiger partial charge in [0.1, 0.15) is 0 Å².